The van der Waals surface area contributed by atoms with Gasteiger partial charge in [-0.1, -0.05) is 6.92 Å². The predicted octanol–water partition coefficient (Wildman–Crippen LogP) is 1.90. The maximum absolute atomic E-state index is 5.35. The molecule has 2 fully saturated rings. The SMILES string of the molecule is CCCN1CCCC2(CC1)COC2. The second kappa shape index (κ2) is 3.97. The number of hydrogen-bond donors (Lipinski definition) is 0. The summed E-state index contributed by atoms with van der Waals surface area (Å²) in [5.41, 5.74) is 0.600. The molecule has 0 aliphatic carbocycles. The zero-order chi connectivity index (χ0) is 9.15. The summed E-state index contributed by atoms with van der Waals surface area (Å²) >= 11 is 0. The summed E-state index contributed by atoms with van der Waals surface area (Å²) < 4.78 is 5.35. The molecule has 0 saturated carbocycles. The molecule has 0 aromatic carbocycles. The van der Waals surface area contributed by atoms with Gasteiger partial charge in [-0.05, 0) is 45.3 Å². The summed E-state index contributed by atoms with van der Waals surface area (Å²) in [5, 5.41) is 0. The Morgan fingerprint density at radius 2 is 2.08 bits per heavy atom. The molecule has 0 unspecified atom stereocenters. The summed E-state index contributed by atoms with van der Waals surface area (Å²) in [4.78, 5) is 2.62. The van der Waals surface area contributed by atoms with E-state index in [1.54, 1.807) is 0 Å². The molecule has 0 amide bonds. The number of rotatable bonds is 2. The quantitative estimate of drug-likeness (QED) is 0.648. The van der Waals surface area contributed by atoms with Crippen molar-refractivity contribution in [2.24, 2.45) is 5.41 Å². The average molecular weight is 183 g/mol. The normalized spacial score (nSPS) is 28.4. The van der Waals surface area contributed by atoms with Gasteiger partial charge in [0.15, 0.2) is 0 Å². The summed E-state index contributed by atoms with van der Waals surface area (Å²) in [6.45, 7) is 8.25. The third kappa shape index (κ3) is 2.05. The Bertz CT molecular complexity index is 165. The van der Waals surface area contributed by atoms with Gasteiger partial charge in [0.25, 0.3) is 0 Å². The van der Waals surface area contributed by atoms with Crippen molar-refractivity contribution in [2.75, 3.05) is 32.8 Å². The van der Waals surface area contributed by atoms with Crippen molar-refractivity contribution in [3.63, 3.8) is 0 Å². The molecular weight excluding hydrogens is 162 g/mol. The molecule has 1 spiro atoms. The zero-order valence-electron chi connectivity index (χ0n) is 8.72. The summed E-state index contributed by atoms with van der Waals surface area (Å²) in [7, 11) is 0. The van der Waals surface area contributed by atoms with E-state index >= 15 is 0 Å². The second-order valence-electron chi connectivity index (χ2n) is 4.69. The molecule has 2 heteroatoms. The molecule has 2 saturated heterocycles. The van der Waals surface area contributed by atoms with Crippen LogP contribution in [0.4, 0.5) is 0 Å². The Morgan fingerprint density at radius 3 is 2.69 bits per heavy atom. The molecule has 0 atom stereocenters. The monoisotopic (exact) mass is 183 g/mol. The van der Waals surface area contributed by atoms with Gasteiger partial charge in [0.05, 0.1) is 13.2 Å². The number of hydrogen-bond acceptors (Lipinski definition) is 2. The van der Waals surface area contributed by atoms with Gasteiger partial charge in [0, 0.05) is 5.41 Å². The van der Waals surface area contributed by atoms with Gasteiger partial charge >= 0.3 is 0 Å². The molecule has 0 radical (unpaired) electrons. The maximum atomic E-state index is 5.35. The minimum Gasteiger partial charge on any atom is -0.380 e. The van der Waals surface area contributed by atoms with Gasteiger partial charge in [0.2, 0.25) is 0 Å². The highest BCUT2D eigenvalue weighted by Crippen LogP contribution is 2.38. The largest absolute Gasteiger partial charge is 0.380 e. The van der Waals surface area contributed by atoms with E-state index < -0.39 is 0 Å². The topological polar surface area (TPSA) is 12.5 Å². The highest BCUT2D eigenvalue weighted by Gasteiger charge is 2.39. The average Bonchev–Trinajstić information content (AvgIpc) is 2.27. The van der Waals surface area contributed by atoms with Crippen LogP contribution in [0.25, 0.3) is 0 Å². The Hall–Kier alpha value is -0.0800. The van der Waals surface area contributed by atoms with Crippen molar-refractivity contribution < 1.29 is 4.74 Å². The van der Waals surface area contributed by atoms with Crippen molar-refractivity contribution in [3.05, 3.63) is 0 Å². The van der Waals surface area contributed by atoms with Crippen molar-refractivity contribution in [1.29, 1.82) is 0 Å². The van der Waals surface area contributed by atoms with Crippen LogP contribution in [0.2, 0.25) is 0 Å². The van der Waals surface area contributed by atoms with Crippen LogP contribution in [-0.2, 0) is 4.74 Å². The molecule has 2 nitrogen and oxygen atoms in total. The Labute approximate surface area is 81.3 Å². The first-order valence-corrected chi connectivity index (χ1v) is 5.65. The van der Waals surface area contributed by atoms with Crippen LogP contribution in [0.1, 0.15) is 32.6 Å². The standard InChI is InChI=1S/C11H21NO/c1-2-6-12-7-3-4-11(5-8-12)9-13-10-11/h2-10H2,1H3. The van der Waals surface area contributed by atoms with Crippen molar-refractivity contribution >= 4 is 0 Å². The van der Waals surface area contributed by atoms with E-state index in [-0.39, 0.29) is 0 Å². The first-order chi connectivity index (χ1) is 6.35. The molecule has 0 aromatic heterocycles. The first kappa shape index (κ1) is 9.47. The third-order valence-corrected chi connectivity index (χ3v) is 3.50. The molecular formula is C11H21NO. The van der Waals surface area contributed by atoms with Crippen molar-refractivity contribution in [2.45, 2.75) is 32.6 Å². The lowest BCUT2D eigenvalue weighted by Gasteiger charge is -2.40. The lowest BCUT2D eigenvalue weighted by molar-refractivity contribution is -0.119. The van der Waals surface area contributed by atoms with Crippen LogP contribution in [0.5, 0.6) is 0 Å². The summed E-state index contributed by atoms with van der Waals surface area (Å²) in [6, 6.07) is 0. The lowest BCUT2D eigenvalue weighted by Crippen LogP contribution is -2.43. The molecule has 0 N–H and O–H groups in total. The fourth-order valence-corrected chi connectivity index (χ4v) is 2.53. The smallest absolute Gasteiger partial charge is 0.0545 e. The van der Waals surface area contributed by atoms with Crippen LogP contribution in [0.3, 0.4) is 0 Å². The number of likely N-dealkylation sites (tertiary alicyclic amines) is 1. The highest BCUT2D eigenvalue weighted by molar-refractivity contribution is 4.88. The van der Waals surface area contributed by atoms with Gasteiger partial charge in [0.1, 0.15) is 0 Å². The molecule has 13 heavy (non-hydrogen) atoms. The van der Waals surface area contributed by atoms with E-state index in [1.807, 2.05) is 0 Å². The fraction of sp³-hybridized carbons (Fsp3) is 1.00. The van der Waals surface area contributed by atoms with E-state index in [2.05, 4.69) is 11.8 Å². The number of ether oxygens (including phenoxy) is 1. The van der Waals surface area contributed by atoms with Crippen LogP contribution in [0.15, 0.2) is 0 Å². The molecule has 0 bridgehead atoms. The van der Waals surface area contributed by atoms with E-state index in [1.165, 1.54) is 45.3 Å². The van der Waals surface area contributed by atoms with E-state index in [0.717, 1.165) is 13.2 Å². The molecule has 76 valence electrons. The van der Waals surface area contributed by atoms with Crippen molar-refractivity contribution in [1.82, 2.24) is 4.90 Å². The molecule has 2 heterocycles. The molecule has 0 aromatic rings. The van der Waals surface area contributed by atoms with Crippen LogP contribution in [0, 0.1) is 5.41 Å². The van der Waals surface area contributed by atoms with E-state index in [9.17, 15) is 0 Å². The van der Waals surface area contributed by atoms with Gasteiger partial charge in [-0.3, -0.25) is 0 Å². The molecule has 2 aliphatic rings. The first-order valence-electron chi connectivity index (χ1n) is 5.65. The lowest BCUT2D eigenvalue weighted by atomic mass is 9.79. The van der Waals surface area contributed by atoms with E-state index in [4.69, 9.17) is 4.74 Å². The zero-order valence-corrected chi connectivity index (χ0v) is 8.72. The minimum atomic E-state index is 0.600. The Kier molecular flexibility index (Phi) is 2.89. The molecule has 2 aliphatic heterocycles. The maximum Gasteiger partial charge on any atom is 0.0545 e. The van der Waals surface area contributed by atoms with Gasteiger partial charge in [-0.15, -0.1) is 0 Å². The van der Waals surface area contributed by atoms with Gasteiger partial charge in [-0.2, -0.15) is 0 Å². The fourth-order valence-electron chi connectivity index (χ4n) is 2.53. The van der Waals surface area contributed by atoms with E-state index in [0.29, 0.717) is 5.41 Å². The van der Waals surface area contributed by atoms with Gasteiger partial charge < -0.3 is 9.64 Å². The van der Waals surface area contributed by atoms with Gasteiger partial charge in [-0.25, -0.2) is 0 Å². The van der Waals surface area contributed by atoms with Crippen molar-refractivity contribution in [3.8, 4) is 0 Å². The van der Waals surface area contributed by atoms with Crippen LogP contribution in [-0.4, -0.2) is 37.7 Å². The summed E-state index contributed by atoms with van der Waals surface area (Å²) in [5.74, 6) is 0. The third-order valence-electron chi connectivity index (χ3n) is 3.50. The van der Waals surface area contributed by atoms with Crippen LogP contribution >= 0.6 is 0 Å². The van der Waals surface area contributed by atoms with Crippen LogP contribution < -0.4 is 0 Å². The Morgan fingerprint density at radius 1 is 1.23 bits per heavy atom. The Balaban J connectivity index is 1.83. The number of nitrogens with zero attached hydrogens (tertiary/aromatic N) is 1. The minimum absolute atomic E-state index is 0.600. The second-order valence-corrected chi connectivity index (χ2v) is 4.69. The molecule has 2 rings (SSSR count). The predicted molar refractivity (Wildman–Crippen MR) is 53.8 cm³/mol. The highest BCUT2D eigenvalue weighted by atomic mass is 16.5. The summed E-state index contributed by atoms with van der Waals surface area (Å²) in [6.07, 6.45) is 5.44.